The maximum Gasteiger partial charge on any atom is 3.00 e. The molecule has 4 aromatic rings. The molecule has 1 saturated heterocycles. The third-order valence-electron chi connectivity index (χ3n) is 4.60. The fourth-order valence-corrected chi connectivity index (χ4v) is 3.13. The van der Waals surface area contributed by atoms with Gasteiger partial charge in [-0.05, 0) is 23.9 Å². The summed E-state index contributed by atoms with van der Waals surface area (Å²) in [5, 5.41) is 0. The van der Waals surface area contributed by atoms with Crippen LogP contribution in [0, 0.1) is 18.8 Å². The molecule has 0 radical (unpaired) electrons. The zero-order chi connectivity index (χ0) is 19.7. The summed E-state index contributed by atoms with van der Waals surface area (Å²) in [7, 11) is 0. The molecule has 0 N–H and O–H groups in total. The van der Waals surface area contributed by atoms with Crippen LogP contribution >= 0.6 is 0 Å². The smallest absolute Gasteiger partial charge is 0.522 e. The Morgan fingerprint density at radius 3 is 2.07 bits per heavy atom. The maximum atomic E-state index is 4.22. The number of pyridine rings is 1. The number of nitrogens with zero attached hydrogens (tertiary/aromatic N) is 3. The summed E-state index contributed by atoms with van der Waals surface area (Å²) < 4.78 is 0. The number of para-hydroxylation sites is 2. The minimum absolute atomic E-state index is 0. The van der Waals surface area contributed by atoms with Gasteiger partial charge in [0.2, 0.25) is 0 Å². The first-order chi connectivity index (χ1) is 14.4. The third-order valence-corrected chi connectivity index (χ3v) is 4.60. The van der Waals surface area contributed by atoms with Gasteiger partial charge < -0.3 is 14.8 Å². The largest absolute Gasteiger partial charge is 3.00 e. The average Bonchev–Trinajstić information content (AvgIpc) is 3.32. The molecule has 4 heteroatoms. The molecular weight excluding hydrogens is 547 g/mol. The van der Waals surface area contributed by atoms with E-state index in [1.165, 1.54) is 5.69 Å². The van der Waals surface area contributed by atoms with Crippen LogP contribution in [0.3, 0.4) is 0 Å². The van der Waals surface area contributed by atoms with Crippen LogP contribution in [0.1, 0.15) is 0 Å². The van der Waals surface area contributed by atoms with Gasteiger partial charge in [-0.25, -0.2) is 0 Å². The van der Waals surface area contributed by atoms with Crippen molar-refractivity contribution in [1.29, 1.82) is 0 Å². The normalized spacial score (nSPS) is 12.5. The van der Waals surface area contributed by atoms with Crippen molar-refractivity contribution in [3.05, 3.63) is 122 Å². The molecule has 0 saturated carbocycles. The van der Waals surface area contributed by atoms with E-state index in [9.17, 15) is 0 Å². The molecule has 0 unspecified atom stereocenters. The fourth-order valence-electron chi connectivity index (χ4n) is 3.13. The van der Waals surface area contributed by atoms with E-state index in [1.54, 1.807) is 6.20 Å². The minimum atomic E-state index is 0. The standard InChI is InChI=1S/C15H14N2.C11H8N.Ir/c1-3-7-14(8-4-1)16-11-12-17(13-16)15-9-5-2-6-10-15;1-2-6-10(7-3-1)11-8-4-5-9-12-11;/h1-9,13H,11-12H2;1-6,8-9H;/q-2;-1;+3. The summed E-state index contributed by atoms with van der Waals surface area (Å²) in [6.07, 6.45) is 1.79. The summed E-state index contributed by atoms with van der Waals surface area (Å²) in [5.74, 6) is 0. The van der Waals surface area contributed by atoms with Crippen LogP contribution in [0.5, 0.6) is 0 Å². The van der Waals surface area contributed by atoms with E-state index >= 15 is 0 Å². The van der Waals surface area contributed by atoms with Gasteiger partial charge in [0.1, 0.15) is 0 Å². The van der Waals surface area contributed by atoms with Gasteiger partial charge in [0.25, 0.3) is 0 Å². The van der Waals surface area contributed by atoms with Crippen LogP contribution in [0.4, 0.5) is 11.4 Å². The summed E-state index contributed by atoms with van der Waals surface area (Å²) in [6.45, 7) is 4.18. The quantitative estimate of drug-likeness (QED) is 0.305. The molecule has 0 atom stereocenters. The molecule has 30 heavy (non-hydrogen) atoms. The Bertz CT molecular complexity index is 897. The van der Waals surface area contributed by atoms with Crippen molar-refractivity contribution in [2.24, 2.45) is 0 Å². The van der Waals surface area contributed by atoms with E-state index in [1.807, 2.05) is 66.7 Å². The molecule has 0 spiro atoms. The van der Waals surface area contributed by atoms with Crippen LogP contribution in [0.2, 0.25) is 0 Å². The molecule has 0 bridgehead atoms. The predicted octanol–water partition coefficient (Wildman–Crippen LogP) is 5.48. The Labute approximate surface area is 192 Å². The molecule has 1 aromatic heterocycles. The van der Waals surface area contributed by atoms with Gasteiger partial charge in [-0.2, -0.15) is 37.0 Å². The molecule has 3 aromatic carbocycles. The van der Waals surface area contributed by atoms with Gasteiger partial charge in [-0.3, -0.25) is 0 Å². The molecule has 0 aliphatic carbocycles. The Balaban J connectivity index is 0.000000175. The first-order valence-corrected chi connectivity index (χ1v) is 9.68. The zero-order valence-corrected chi connectivity index (χ0v) is 18.9. The van der Waals surface area contributed by atoms with Gasteiger partial charge in [0.15, 0.2) is 0 Å². The van der Waals surface area contributed by atoms with Crippen LogP contribution in [-0.4, -0.2) is 18.1 Å². The minimum Gasteiger partial charge on any atom is -0.522 e. The zero-order valence-electron chi connectivity index (χ0n) is 16.5. The van der Waals surface area contributed by atoms with Crippen LogP contribution in [-0.2, 0) is 20.1 Å². The van der Waals surface area contributed by atoms with Gasteiger partial charge in [0.05, 0.1) is 0 Å². The van der Waals surface area contributed by atoms with Crippen molar-refractivity contribution in [2.75, 3.05) is 22.9 Å². The average molecular weight is 569 g/mol. The van der Waals surface area contributed by atoms with E-state index in [-0.39, 0.29) is 20.1 Å². The van der Waals surface area contributed by atoms with Gasteiger partial charge >= 0.3 is 20.1 Å². The van der Waals surface area contributed by atoms with Gasteiger partial charge in [-0.15, -0.1) is 41.6 Å². The van der Waals surface area contributed by atoms with Gasteiger partial charge in [0, 0.05) is 25.0 Å². The Morgan fingerprint density at radius 1 is 0.700 bits per heavy atom. The SMILES string of the molecule is [Ir+3].[c-]1ccccc1-c1ccccn1.[c-]1ccccc1N1[CH-]N(c2ccccc2)CC1. The van der Waals surface area contributed by atoms with Crippen molar-refractivity contribution < 1.29 is 20.1 Å². The van der Waals surface area contributed by atoms with E-state index in [2.05, 4.69) is 63.9 Å². The molecule has 0 amide bonds. The molecular formula is C26H22IrN3. The summed E-state index contributed by atoms with van der Waals surface area (Å²) in [4.78, 5) is 8.71. The van der Waals surface area contributed by atoms with Gasteiger partial charge in [-0.1, -0.05) is 30.3 Å². The van der Waals surface area contributed by atoms with E-state index in [0.717, 1.165) is 30.0 Å². The molecule has 3 nitrogen and oxygen atoms in total. The van der Waals surface area contributed by atoms with Crippen molar-refractivity contribution in [3.63, 3.8) is 0 Å². The molecule has 1 fully saturated rings. The van der Waals surface area contributed by atoms with Crippen molar-refractivity contribution in [2.45, 2.75) is 0 Å². The monoisotopic (exact) mass is 569 g/mol. The second-order valence-electron chi connectivity index (χ2n) is 6.58. The van der Waals surface area contributed by atoms with Crippen molar-refractivity contribution in [1.82, 2.24) is 4.98 Å². The van der Waals surface area contributed by atoms with Crippen LogP contribution in [0.15, 0.2) is 103 Å². The number of rotatable bonds is 3. The summed E-state index contributed by atoms with van der Waals surface area (Å²) >= 11 is 0. The molecule has 150 valence electrons. The predicted molar refractivity (Wildman–Crippen MR) is 119 cm³/mol. The fraction of sp³-hybridized carbons (Fsp3) is 0.0769. The number of aromatic nitrogens is 1. The second-order valence-corrected chi connectivity index (χ2v) is 6.58. The third kappa shape index (κ3) is 5.79. The van der Waals surface area contributed by atoms with E-state index < -0.39 is 0 Å². The Morgan fingerprint density at radius 2 is 1.40 bits per heavy atom. The molecule has 5 rings (SSSR count). The Kier molecular flexibility index (Phi) is 8.19. The molecule has 2 heterocycles. The topological polar surface area (TPSA) is 19.4 Å². The Hall–Kier alpha value is -2.94. The van der Waals surface area contributed by atoms with Crippen molar-refractivity contribution >= 4 is 11.4 Å². The van der Waals surface area contributed by atoms with E-state index in [0.29, 0.717) is 0 Å². The van der Waals surface area contributed by atoms with Crippen LogP contribution in [0.25, 0.3) is 11.3 Å². The molecule has 1 aliphatic rings. The maximum absolute atomic E-state index is 4.22. The number of hydrogen-bond acceptors (Lipinski definition) is 3. The van der Waals surface area contributed by atoms with Crippen molar-refractivity contribution in [3.8, 4) is 11.3 Å². The first kappa shape index (κ1) is 21.8. The number of anilines is 2. The number of benzene rings is 3. The second kappa shape index (κ2) is 11.3. The molecule has 1 aliphatic heterocycles. The number of hydrogen-bond donors (Lipinski definition) is 0. The first-order valence-electron chi connectivity index (χ1n) is 9.68. The van der Waals surface area contributed by atoms with Crippen LogP contribution < -0.4 is 9.80 Å². The summed E-state index contributed by atoms with van der Waals surface area (Å²) in [5.41, 5.74) is 4.38. The van der Waals surface area contributed by atoms with E-state index in [4.69, 9.17) is 0 Å². The summed E-state index contributed by atoms with van der Waals surface area (Å²) in [6, 6.07) is 38.6.